The molecule has 0 fully saturated rings. The fourth-order valence-electron chi connectivity index (χ4n) is 2.30. The molecule has 0 aliphatic heterocycles. The third-order valence-electron chi connectivity index (χ3n) is 3.68. The van der Waals surface area contributed by atoms with Gasteiger partial charge in [0.2, 0.25) is 5.91 Å². The SMILES string of the molecule is CCCCc1ccc(NC(=O)[C@H](C#N)C(=O)c2cnn(C)c2)cc1. The molecule has 0 radical (unpaired) electrons. The molecule has 0 unspecified atom stereocenters. The molecule has 0 saturated heterocycles. The van der Waals surface area contributed by atoms with Crippen molar-refractivity contribution in [1.82, 2.24) is 9.78 Å². The van der Waals surface area contributed by atoms with Gasteiger partial charge in [-0.1, -0.05) is 25.5 Å². The van der Waals surface area contributed by atoms with Crippen molar-refractivity contribution in [2.75, 3.05) is 5.32 Å². The number of carbonyl (C=O) groups excluding carboxylic acids is 2. The molecule has 1 aromatic carbocycles. The molecule has 2 aromatic rings. The number of benzene rings is 1. The van der Waals surface area contributed by atoms with Gasteiger partial charge in [-0.25, -0.2) is 0 Å². The van der Waals surface area contributed by atoms with Crippen molar-refractivity contribution in [2.45, 2.75) is 26.2 Å². The molecule has 0 spiro atoms. The first-order chi connectivity index (χ1) is 11.5. The Kier molecular flexibility index (Phi) is 5.85. The summed E-state index contributed by atoms with van der Waals surface area (Å²) in [5.74, 6) is -2.58. The van der Waals surface area contributed by atoms with Gasteiger partial charge in [-0.15, -0.1) is 0 Å². The second kappa shape index (κ2) is 8.06. The van der Waals surface area contributed by atoms with Crippen LogP contribution < -0.4 is 5.32 Å². The molecular weight excluding hydrogens is 304 g/mol. The number of aryl methyl sites for hydroxylation is 2. The number of nitrogens with zero attached hydrogens (tertiary/aromatic N) is 3. The number of hydrogen-bond donors (Lipinski definition) is 1. The monoisotopic (exact) mass is 324 g/mol. The zero-order valence-electron chi connectivity index (χ0n) is 13.8. The Hall–Kier alpha value is -2.94. The van der Waals surface area contributed by atoms with Gasteiger partial charge in [0, 0.05) is 18.9 Å². The second-order valence-electron chi connectivity index (χ2n) is 5.62. The number of hydrogen-bond acceptors (Lipinski definition) is 4. The molecule has 1 N–H and O–H groups in total. The number of amides is 1. The molecular formula is C18H20N4O2. The van der Waals surface area contributed by atoms with Crippen molar-refractivity contribution >= 4 is 17.4 Å². The molecule has 6 heteroatoms. The smallest absolute Gasteiger partial charge is 0.249 e. The summed E-state index contributed by atoms with van der Waals surface area (Å²) < 4.78 is 1.45. The zero-order valence-corrected chi connectivity index (χ0v) is 13.8. The van der Waals surface area contributed by atoms with Gasteiger partial charge < -0.3 is 5.32 Å². The average Bonchev–Trinajstić information content (AvgIpc) is 3.01. The predicted molar refractivity (Wildman–Crippen MR) is 90.3 cm³/mol. The van der Waals surface area contributed by atoms with Crippen LogP contribution in [0.3, 0.4) is 0 Å². The molecule has 124 valence electrons. The van der Waals surface area contributed by atoms with Crippen molar-refractivity contribution in [1.29, 1.82) is 5.26 Å². The van der Waals surface area contributed by atoms with Gasteiger partial charge in [-0.2, -0.15) is 10.4 Å². The van der Waals surface area contributed by atoms with E-state index in [4.69, 9.17) is 0 Å². The van der Waals surface area contributed by atoms with Gasteiger partial charge in [0.05, 0.1) is 17.8 Å². The molecule has 0 aliphatic rings. The first-order valence-corrected chi connectivity index (χ1v) is 7.87. The molecule has 1 amide bonds. The number of carbonyl (C=O) groups is 2. The van der Waals surface area contributed by atoms with E-state index < -0.39 is 17.6 Å². The molecule has 1 heterocycles. The van der Waals surface area contributed by atoms with Crippen LogP contribution in [-0.4, -0.2) is 21.5 Å². The minimum Gasteiger partial charge on any atom is -0.325 e. The summed E-state index contributed by atoms with van der Waals surface area (Å²) in [4.78, 5) is 24.5. The fourth-order valence-corrected chi connectivity index (χ4v) is 2.30. The highest BCUT2D eigenvalue weighted by Crippen LogP contribution is 2.15. The van der Waals surface area contributed by atoms with Gasteiger partial charge in [0.1, 0.15) is 0 Å². The summed E-state index contributed by atoms with van der Waals surface area (Å²) >= 11 is 0. The minimum atomic E-state index is -1.39. The topological polar surface area (TPSA) is 87.8 Å². The summed E-state index contributed by atoms with van der Waals surface area (Å²) in [5, 5.41) is 15.7. The van der Waals surface area contributed by atoms with E-state index in [0.717, 1.165) is 19.3 Å². The number of anilines is 1. The van der Waals surface area contributed by atoms with Gasteiger partial charge in [-0.05, 0) is 30.5 Å². The van der Waals surface area contributed by atoms with Gasteiger partial charge >= 0.3 is 0 Å². The molecule has 0 bridgehead atoms. The first-order valence-electron chi connectivity index (χ1n) is 7.87. The van der Waals surface area contributed by atoms with Crippen LogP contribution in [0.1, 0.15) is 35.7 Å². The van der Waals surface area contributed by atoms with Crippen molar-refractivity contribution < 1.29 is 9.59 Å². The van der Waals surface area contributed by atoms with E-state index in [0.29, 0.717) is 5.69 Å². The van der Waals surface area contributed by atoms with Crippen LogP contribution in [0.4, 0.5) is 5.69 Å². The molecule has 2 rings (SSSR count). The second-order valence-corrected chi connectivity index (χ2v) is 5.62. The van der Waals surface area contributed by atoms with E-state index in [2.05, 4.69) is 17.3 Å². The number of unbranched alkanes of at least 4 members (excludes halogenated alkanes) is 1. The van der Waals surface area contributed by atoms with Crippen LogP contribution in [0.15, 0.2) is 36.7 Å². The van der Waals surface area contributed by atoms with Crippen LogP contribution >= 0.6 is 0 Å². The number of rotatable bonds is 7. The Morgan fingerprint density at radius 3 is 2.58 bits per heavy atom. The predicted octanol–water partition coefficient (Wildman–Crippen LogP) is 2.72. The highest BCUT2D eigenvalue weighted by molar-refractivity contribution is 6.15. The van der Waals surface area contributed by atoms with Crippen LogP contribution in [-0.2, 0) is 18.3 Å². The summed E-state index contributed by atoms with van der Waals surface area (Å²) in [5.41, 5.74) is 2.01. The maximum absolute atomic E-state index is 12.3. The lowest BCUT2D eigenvalue weighted by Crippen LogP contribution is -2.28. The lowest BCUT2D eigenvalue weighted by molar-refractivity contribution is -0.117. The van der Waals surface area contributed by atoms with E-state index in [1.807, 2.05) is 12.1 Å². The standard InChI is InChI=1S/C18H20N4O2/c1-3-4-5-13-6-8-15(9-7-13)21-18(24)16(10-19)17(23)14-11-20-22(2)12-14/h6-9,11-12,16H,3-5H2,1-2H3,(H,21,24)/t16-/m1/s1. The Balaban J connectivity index is 2.04. The normalized spacial score (nSPS) is 11.5. The van der Waals surface area contributed by atoms with Crippen molar-refractivity contribution in [3.8, 4) is 6.07 Å². The van der Waals surface area contributed by atoms with Crippen molar-refractivity contribution in [3.63, 3.8) is 0 Å². The molecule has 0 saturated carbocycles. The Morgan fingerprint density at radius 1 is 1.33 bits per heavy atom. The Morgan fingerprint density at radius 2 is 2.04 bits per heavy atom. The van der Waals surface area contributed by atoms with Gasteiger partial charge in [-0.3, -0.25) is 14.3 Å². The van der Waals surface area contributed by atoms with Gasteiger partial charge in [0.15, 0.2) is 11.7 Å². The summed E-state index contributed by atoms with van der Waals surface area (Å²) in [6.45, 7) is 2.13. The summed E-state index contributed by atoms with van der Waals surface area (Å²) in [6.07, 6.45) is 6.07. The lowest BCUT2D eigenvalue weighted by Gasteiger charge is -2.09. The van der Waals surface area contributed by atoms with Crippen LogP contribution in [0.2, 0.25) is 0 Å². The lowest BCUT2D eigenvalue weighted by atomic mass is 10.0. The molecule has 24 heavy (non-hydrogen) atoms. The Labute approximate surface area is 141 Å². The van der Waals surface area contributed by atoms with E-state index in [9.17, 15) is 14.9 Å². The molecule has 1 atom stereocenters. The largest absolute Gasteiger partial charge is 0.325 e. The maximum atomic E-state index is 12.3. The molecule has 6 nitrogen and oxygen atoms in total. The minimum absolute atomic E-state index is 0.245. The van der Waals surface area contributed by atoms with Crippen LogP contribution in [0.5, 0.6) is 0 Å². The van der Waals surface area contributed by atoms with E-state index in [1.54, 1.807) is 25.2 Å². The van der Waals surface area contributed by atoms with Gasteiger partial charge in [0.25, 0.3) is 0 Å². The third-order valence-corrected chi connectivity index (χ3v) is 3.68. The van der Waals surface area contributed by atoms with E-state index in [1.165, 1.54) is 22.6 Å². The average molecular weight is 324 g/mol. The summed E-state index contributed by atoms with van der Waals surface area (Å²) in [7, 11) is 1.67. The summed E-state index contributed by atoms with van der Waals surface area (Å²) in [6, 6.07) is 9.22. The van der Waals surface area contributed by atoms with E-state index in [-0.39, 0.29) is 5.56 Å². The number of nitrogens with one attached hydrogen (secondary N) is 1. The number of nitriles is 1. The first kappa shape index (κ1) is 17.4. The number of aromatic nitrogens is 2. The quantitative estimate of drug-likeness (QED) is 0.626. The van der Waals surface area contributed by atoms with E-state index >= 15 is 0 Å². The van der Waals surface area contributed by atoms with Crippen LogP contribution in [0.25, 0.3) is 0 Å². The zero-order chi connectivity index (χ0) is 17.5. The highest BCUT2D eigenvalue weighted by atomic mass is 16.2. The fraction of sp³-hybridized carbons (Fsp3) is 0.333. The third kappa shape index (κ3) is 4.29. The number of Topliss-reactive ketones (excluding diaryl/α,β-unsaturated/α-hetero) is 1. The Bertz CT molecular complexity index is 756. The van der Waals surface area contributed by atoms with Crippen molar-refractivity contribution in [3.05, 3.63) is 47.8 Å². The molecule has 1 aromatic heterocycles. The highest BCUT2D eigenvalue weighted by Gasteiger charge is 2.28. The maximum Gasteiger partial charge on any atom is 0.249 e. The number of ketones is 1. The molecule has 0 aliphatic carbocycles. The van der Waals surface area contributed by atoms with Crippen LogP contribution in [0, 0.1) is 17.2 Å². The van der Waals surface area contributed by atoms with Crippen molar-refractivity contribution in [2.24, 2.45) is 13.0 Å².